The van der Waals surface area contributed by atoms with Gasteiger partial charge in [-0.2, -0.15) is 5.10 Å². The Balaban J connectivity index is 1.73. The van der Waals surface area contributed by atoms with E-state index in [1.807, 2.05) is 6.92 Å². The van der Waals surface area contributed by atoms with E-state index >= 15 is 0 Å². The summed E-state index contributed by atoms with van der Waals surface area (Å²) >= 11 is 0. The minimum atomic E-state index is 0.00836. The molecule has 106 valence electrons. The minimum Gasteiger partial charge on any atom is -0.307 e. The summed E-state index contributed by atoms with van der Waals surface area (Å²) in [7, 11) is 1.80. The number of carbonyl (C=O) groups is 1. The molecule has 1 fully saturated rings. The Morgan fingerprint density at radius 1 is 1.45 bits per heavy atom. The van der Waals surface area contributed by atoms with Crippen LogP contribution in [0.4, 0.5) is 5.82 Å². The molecule has 0 saturated heterocycles. The van der Waals surface area contributed by atoms with Gasteiger partial charge in [-0.05, 0) is 12.3 Å². The van der Waals surface area contributed by atoms with E-state index in [1.54, 1.807) is 24.1 Å². The van der Waals surface area contributed by atoms with Crippen molar-refractivity contribution in [2.75, 3.05) is 5.32 Å². The summed E-state index contributed by atoms with van der Waals surface area (Å²) in [6.45, 7) is 1.98. The smallest absolute Gasteiger partial charge is 0.228 e. The highest BCUT2D eigenvalue weighted by Gasteiger charge is 2.24. The number of hydrogen-bond donors (Lipinski definition) is 1. The van der Waals surface area contributed by atoms with Crippen LogP contribution in [0.25, 0.3) is 11.2 Å². The van der Waals surface area contributed by atoms with Crippen molar-refractivity contribution in [3.8, 4) is 0 Å². The van der Waals surface area contributed by atoms with Crippen LogP contribution in [0.3, 0.4) is 0 Å². The summed E-state index contributed by atoms with van der Waals surface area (Å²) < 4.78 is 1.63. The molecule has 0 bridgehead atoms. The van der Waals surface area contributed by atoms with Gasteiger partial charge in [0.1, 0.15) is 0 Å². The van der Waals surface area contributed by atoms with Crippen molar-refractivity contribution < 1.29 is 4.79 Å². The Labute approximate surface area is 117 Å². The highest BCUT2D eigenvalue weighted by Crippen LogP contribution is 2.32. The lowest BCUT2D eigenvalue weighted by atomic mass is 9.79. The second-order valence-corrected chi connectivity index (χ2v) is 5.62. The first-order valence-electron chi connectivity index (χ1n) is 7.09. The van der Waals surface area contributed by atoms with Gasteiger partial charge in [0.25, 0.3) is 0 Å². The zero-order chi connectivity index (χ0) is 14.1. The van der Waals surface area contributed by atoms with E-state index in [9.17, 15) is 4.79 Å². The van der Waals surface area contributed by atoms with Crippen LogP contribution in [0, 0.1) is 11.8 Å². The van der Waals surface area contributed by atoms with Crippen LogP contribution in [-0.4, -0.2) is 25.7 Å². The fourth-order valence-corrected chi connectivity index (χ4v) is 2.64. The zero-order valence-electron chi connectivity index (χ0n) is 11.8. The zero-order valence-corrected chi connectivity index (χ0v) is 11.8. The SMILES string of the molecule is CC(CC1CCC1)C(=O)Nc1nn(C)c2nccnc12. The van der Waals surface area contributed by atoms with Crippen LogP contribution in [0.15, 0.2) is 12.4 Å². The summed E-state index contributed by atoms with van der Waals surface area (Å²) in [5.74, 6) is 1.24. The van der Waals surface area contributed by atoms with E-state index in [1.165, 1.54) is 19.3 Å². The average Bonchev–Trinajstić information content (AvgIpc) is 2.71. The van der Waals surface area contributed by atoms with E-state index in [2.05, 4.69) is 20.4 Å². The lowest BCUT2D eigenvalue weighted by molar-refractivity contribution is -0.120. The molecule has 1 unspecified atom stereocenters. The first-order valence-corrected chi connectivity index (χ1v) is 7.09. The fourth-order valence-electron chi connectivity index (χ4n) is 2.64. The van der Waals surface area contributed by atoms with Crippen molar-refractivity contribution in [2.24, 2.45) is 18.9 Å². The number of aromatic nitrogens is 4. The van der Waals surface area contributed by atoms with Gasteiger partial charge in [0, 0.05) is 25.4 Å². The molecule has 1 N–H and O–H groups in total. The number of carbonyl (C=O) groups excluding carboxylic acids is 1. The molecule has 1 saturated carbocycles. The second-order valence-electron chi connectivity index (χ2n) is 5.62. The van der Waals surface area contributed by atoms with Gasteiger partial charge in [-0.25, -0.2) is 14.6 Å². The molecule has 1 amide bonds. The van der Waals surface area contributed by atoms with Gasteiger partial charge in [-0.1, -0.05) is 26.2 Å². The normalized spacial score (nSPS) is 16.9. The van der Waals surface area contributed by atoms with Gasteiger partial charge in [-0.15, -0.1) is 0 Å². The van der Waals surface area contributed by atoms with E-state index in [0.29, 0.717) is 17.0 Å². The average molecular weight is 273 g/mol. The molecule has 20 heavy (non-hydrogen) atoms. The number of hydrogen-bond acceptors (Lipinski definition) is 4. The van der Waals surface area contributed by atoms with E-state index < -0.39 is 0 Å². The maximum Gasteiger partial charge on any atom is 0.228 e. The van der Waals surface area contributed by atoms with Crippen LogP contribution in [0.1, 0.15) is 32.6 Å². The molecule has 2 aromatic rings. The minimum absolute atomic E-state index is 0.00836. The van der Waals surface area contributed by atoms with E-state index in [-0.39, 0.29) is 11.8 Å². The molecule has 0 aliphatic heterocycles. The van der Waals surface area contributed by atoms with E-state index in [0.717, 1.165) is 12.3 Å². The molecule has 2 aromatic heterocycles. The second kappa shape index (κ2) is 5.19. The molecule has 6 heteroatoms. The van der Waals surface area contributed by atoms with Crippen molar-refractivity contribution in [3.63, 3.8) is 0 Å². The van der Waals surface area contributed by atoms with Gasteiger partial charge in [0.2, 0.25) is 5.91 Å². The van der Waals surface area contributed by atoms with Gasteiger partial charge >= 0.3 is 0 Å². The first kappa shape index (κ1) is 13.0. The van der Waals surface area contributed by atoms with E-state index in [4.69, 9.17) is 0 Å². The number of nitrogens with one attached hydrogen (secondary N) is 1. The molecule has 0 radical (unpaired) electrons. The van der Waals surface area contributed by atoms with Crippen LogP contribution in [0.5, 0.6) is 0 Å². The van der Waals surface area contributed by atoms with Gasteiger partial charge in [0.05, 0.1) is 0 Å². The number of amides is 1. The molecule has 1 atom stereocenters. The molecular formula is C14H19N5O. The number of nitrogens with zero attached hydrogens (tertiary/aromatic N) is 4. The molecule has 2 heterocycles. The molecule has 6 nitrogen and oxygen atoms in total. The van der Waals surface area contributed by atoms with Crippen LogP contribution in [-0.2, 0) is 11.8 Å². The highest BCUT2D eigenvalue weighted by molar-refractivity contribution is 5.97. The molecule has 3 rings (SSSR count). The third-order valence-corrected chi connectivity index (χ3v) is 4.06. The monoisotopic (exact) mass is 273 g/mol. The van der Waals surface area contributed by atoms with Gasteiger partial charge in [-0.3, -0.25) is 4.79 Å². The summed E-state index contributed by atoms with van der Waals surface area (Å²) in [4.78, 5) is 20.7. The lowest BCUT2D eigenvalue weighted by Gasteiger charge is -2.27. The standard InChI is InChI=1S/C14H19N5O/c1-9(8-10-4-3-5-10)14(20)17-12-11-13(19(2)18-12)16-7-6-15-11/h6-7,9-10H,3-5,8H2,1-2H3,(H,17,18,20). The Bertz CT molecular complexity index is 632. The lowest BCUT2D eigenvalue weighted by Crippen LogP contribution is -2.25. The third kappa shape index (κ3) is 2.37. The van der Waals surface area contributed by atoms with Gasteiger partial charge < -0.3 is 5.32 Å². The first-order chi connectivity index (χ1) is 9.65. The predicted molar refractivity (Wildman–Crippen MR) is 76.1 cm³/mol. The summed E-state index contributed by atoms with van der Waals surface area (Å²) in [6.07, 6.45) is 8.01. The molecular weight excluding hydrogens is 254 g/mol. The maximum atomic E-state index is 12.2. The van der Waals surface area contributed by atoms with Crippen LogP contribution >= 0.6 is 0 Å². The topological polar surface area (TPSA) is 72.7 Å². The Morgan fingerprint density at radius 2 is 2.20 bits per heavy atom. The Kier molecular flexibility index (Phi) is 3.38. The third-order valence-electron chi connectivity index (χ3n) is 4.06. The maximum absolute atomic E-state index is 12.2. The molecule has 1 aliphatic carbocycles. The molecule has 0 aromatic carbocycles. The molecule has 1 aliphatic rings. The summed E-state index contributed by atoms with van der Waals surface area (Å²) in [6, 6.07) is 0. The van der Waals surface area contributed by atoms with Crippen molar-refractivity contribution in [3.05, 3.63) is 12.4 Å². The summed E-state index contributed by atoms with van der Waals surface area (Å²) in [5.41, 5.74) is 1.31. The van der Waals surface area contributed by atoms with Crippen LogP contribution < -0.4 is 5.32 Å². The van der Waals surface area contributed by atoms with Gasteiger partial charge in [0.15, 0.2) is 17.0 Å². The highest BCUT2D eigenvalue weighted by atomic mass is 16.1. The largest absolute Gasteiger partial charge is 0.307 e. The van der Waals surface area contributed by atoms with Crippen molar-refractivity contribution >= 4 is 22.9 Å². The number of anilines is 1. The van der Waals surface area contributed by atoms with Crippen molar-refractivity contribution in [2.45, 2.75) is 32.6 Å². The van der Waals surface area contributed by atoms with Crippen LogP contribution in [0.2, 0.25) is 0 Å². The summed E-state index contributed by atoms with van der Waals surface area (Å²) in [5, 5.41) is 7.17. The predicted octanol–water partition coefficient (Wildman–Crippen LogP) is 2.13. The Hall–Kier alpha value is -1.98. The Morgan fingerprint density at radius 3 is 2.90 bits per heavy atom. The number of fused-ring (bicyclic) bond motifs is 1. The quantitative estimate of drug-likeness (QED) is 0.926. The molecule has 0 spiro atoms. The number of rotatable bonds is 4. The number of aryl methyl sites for hydroxylation is 1. The fraction of sp³-hybridized carbons (Fsp3) is 0.571. The van der Waals surface area contributed by atoms with Crippen molar-refractivity contribution in [1.82, 2.24) is 19.7 Å². The van der Waals surface area contributed by atoms with Crippen molar-refractivity contribution in [1.29, 1.82) is 0 Å².